The van der Waals surface area contributed by atoms with Crippen LogP contribution in [0.15, 0.2) is 35.2 Å². The average molecular weight is 547 g/mol. The van der Waals surface area contributed by atoms with Crippen LogP contribution in [0.3, 0.4) is 0 Å². The summed E-state index contributed by atoms with van der Waals surface area (Å²) in [6, 6.07) is 5.76. The van der Waals surface area contributed by atoms with Crippen molar-refractivity contribution in [1.82, 2.24) is 30.0 Å². The van der Waals surface area contributed by atoms with Crippen molar-refractivity contribution in [3.05, 3.63) is 47.3 Å². The van der Waals surface area contributed by atoms with E-state index in [1.165, 1.54) is 22.9 Å². The van der Waals surface area contributed by atoms with Crippen molar-refractivity contribution in [2.45, 2.75) is 50.1 Å². The first kappa shape index (κ1) is 27.7. The number of carbonyl (C=O) groups is 3. The van der Waals surface area contributed by atoms with Gasteiger partial charge < -0.3 is 20.6 Å². The number of fused-ring (bicyclic) bond motifs is 1. The maximum absolute atomic E-state index is 13.2. The molecule has 12 nitrogen and oxygen atoms in total. The van der Waals surface area contributed by atoms with Crippen LogP contribution in [-0.2, 0) is 21.4 Å². The molecular weight excluding hydrogens is 512 g/mol. The number of nitrogens with one attached hydrogen (secondary N) is 3. The van der Waals surface area contributed by atoms with Gasteiger partial charge in [0.15, 0.2) is 5.69 Å². The van der Waals surface area contributed by atoms with Crippen LogP contribution < -0.4 is 15.4 Å². The Balaban J connectivity index is 1.38. The number of nitrogens with zero attached hydrogens (tertiary/aromatic N) is 3. The predicted molar refractivity (Wildman–Crippen MR) is 138 cm³/mol. The molecule has 2 aliphatic rings. The summed E-state index contributed by atoms with van der Waals surface area (Å²) < 4.78 is 28.8. The summed E-state index contributed by atoms with van der Waals surface area (Å²) in [5.74, 6) is -1.73. The highest BCUT2D eigenvalue weighted by Crippen LogP contribution is 2.19. The number of sulfonamides is 1. The molecule has 1 atom stereocenters. The number of carboxylic acid groups (broad SMARTS) is 1. The number of aliphatic carboxylic acids is 1. The average Bonchev–Trinajstić information content (AvgIpc) is 3.27. The molecule has 0 spiro atoms. The molecule has 2 aliphatic heterocycles. The van der Waals surface area contributed by atoms with Gasteiger partial charge in [-0.3, -0.25) is 19.1 Å². The fourth-order valence-electron chi connectivity index (χ4n) is 4.70. The molecule has 4 N–H and O–H groups in total. The molecule has 4 rings (SSSR count). The molecule has 13 heteroatoms. The highest BCUT2D eigenvalue weighted by Gasteiger charge is 2.29. The van der Waals surface area contributed by atoms with E-state index in [9.17, 15) is 27.9 Å². The Labute approximate surface area is 221 Å². The first-order chi connectivity index (χ1) is 18.1. The summed E-state index contributed by atoms with van der Waals surface area (Å²) in [7, 11) is -4.12. The molecule has 2 amide bonds. The monoisotopic (exact) mass is 546 g/mol. The number of aromatic nitrogens is 2. The lowest BCUT2D eigenvalue weighted by Gasteiger charge is -2.26. The van der Waals surface area contributed by atoms with E-state index >= 15 is 0 Å². The molecular formula is C25H34N6O6S. The van der Waals surface area contributed by atoms with E-state index < -0.39 is 34.5 Å². The van der Waals surface area contributed by atoms with Crippen LogP contribution in [0.4, 0.5) is 0 Å². The molecule has 1 unspecified atom stereocenters. The maximum Gasteiger partial charge on any atom is 0.323 e. The van der Waals surface area contributed by atoms with Gasteiger partial charge in [0.25, 0.3) is 11.8 Å². The lowest BCUT2D eigenvalue weighted by Crippen LogP contribution is -2.48. The zero-order valence-electron chi connectivity index (χ0n) is 21.4. The molecule has 1 aromatic heterocycles. The van der Waals surface area contributed by atoms with Crippen LogP contribution >= 0.6 is 0 Å². The number of hydrogen-bond donors (Lipinski definition) is 4. The zero-order chi connectivity index (χ0) is 27.3. The fraction of sp³-hybridized carbons (Fsp3) is 0.520. The van der Waals surface area contributed by atoms with E-state index in [2.05, 4.69) is 20.5 Å². The molecule has 1 aromatic carbocycles. The Hall–Kier alpha value is -3.29. The summed E-state index contributed by atoms with van der Waals surface area (Å²) in [6.07, 6.45) is 3.84. The number of aryl methyl sites for hydroxylation is 2. The Morgan fingerprint density at radius 2 is 1.89 bits per heavy atom. The third kappa shape index (κ3) is 6.77. The molecule has 206 valence electrons. The number of carbonyl (C=O) groups excluding carboxylic acids is 2. The molecule has 38 heavy (non-hydrogen) atoms. The predicted octanol–water partition coefficient (Wildman–Crippen LogP) is 0.589. The fourth-order valence-corrected chi connectivity index (χ4v) is 5.89. The minimum Gasteiger partial charge on any atom is -0.480 e. The molecule has 0 aliphatic carbocycles. The number of piperidine rings is 1. The minimum absolute atomic E-state index is 0.0286. The van der Waals surface area contributed by atoms with Crippen molar-refractivity contribution < 1.29 is 27.9 Å². The van der Waals surface area contributed by atoms with E-state index in [1.54, 1.807) is 19.1 Å². The number of carboxylic acids is 1. The second kappa shape index (κ2) is 12.0. The van der Waals surface area contributed by atoms with Crippen molar-refractivity contribution in [1.29, 1.82) is 0 Å². The molecule has 0 bridgehead atoms. The summed E-state index contributed by atoms with van der Waals surface area (Å²) in [4.78, 5) is 39.4. The second-order valence-electron chi connectivity index (χ2n) is 9.80. The van der Waals surface area contributed by atoms with Gasteiger partial charge >= 0.3 is 5.97 Å². The van der Waals surface area contributed by atoms with Crippen molar-refractivity contribution in [2.75, 3.05) is 32.7 Å². The quantitative estimate of drug-likeness (QED) is 0.336. The van der Waals surface area contributed by atoms with Crippen molar-refractivity contribution in [3.8, 4) is 0 Å². The molecule has 3 heterocycles. The van der Waals surface area contributed by atoms with E-state index in [4.69, 9.17) is 0 Å². The van der Waals surface area contributed by atoms with Crippen molar-refractivity contribution in [2.24, 2.45) is 5.92 Å². The number of amides is 2. The second-order valence-corrected chi connectivity index (χ2v) is 11.5. The molecule has 0 saturated carbocycles. The van der Waals surface area contributed by atoms with Crippen LogP contribution in [0.25, 0.3) is 0 Å². The lowest BCUT2D eigenvalue weighted by atomic mass is 9.94. The van der Waals surface area contributed by atoms with Crippen LogP contribution in [0.2, 0.25) is 0 Å². The number of rotatable bonds is 10. The molecule has 2 aromatic rings. The smallest absolute Gasteiger partial charge is 0.323 e. The summed E-state index contributed by atoms with van der Waals surface area (Å²) in [5.41, 5.74) is 1.14. The van der Waals surface area contributed by atoms with Gasteiger partial charge in [-0.2, -0.15) is 9.82 Å². The van der Waals surface area contributed by atoms with E-state index in [0.29, 0.717) is 37.7 Å². The van der Waals surface area contributed by atoms with Gasteiger partial charge in [-0.05, 0) is 63.7 Å². The van der Waals surface area contributed by atoms with Gasteiger partial charge in [-0.1, -0.05) is 17.7 Å². The van der Waals surface area contributed by atoms with Gasteiger partial charge in [0.1, 0.15) is 11.7 Å². The van der Waals surface area contributed by atoms with Gasteiger partial charge in [0.05, 0.1) is 4.90 Å². The first-order valence-electron chi connectivity index (χ1n) is 12.8. The van der Waals surface area contributed by atoms with Crippen LogP contribution in [-0.4, -0.2) is 84.8 Å². The van der Waals surface area contributed by atoms with Gasteiger partial charge in [0.2, 0.25) is 10.0 Å². The van der Waals surface area contributed by atoms with Crippen LogP contribution in [0.5, 0.6) is 0 Å². The zero-order valence-corrected chi connectivity index (χ0v) is 22.2. The highest BCUT2D eigenvalue weighted by atomic mass is 32.2. The molecule has 0 radical (unpaired) electrons. The van der Waals surface area contributed by atoms with E-state index in [0.717, 1.165) is 37.9 Å². The third-order valence-corrected chi connectivity index (χ3v) is 8.46. The summed E-state index contributed by atoms with van der Waals surface area (Å²) in [5, 5.41) is 19.6. The van der Waals surface area contributed by atoms with Crippen molar-refractivity contribution in [3.63, 3.8) is 0 Å². The van der Waals surface area contributed by atoms with E-state index in [-0.39, 0.29) is 16.5 Å². The number of benzene rings is 1. The maximum atomic E-state index is 13.2. The topological polar surface area (TPSA) is 163 Å². The molecule has 1 saturated heterocycles. The first-order valence-corrected chi connectivity index (χ1v) is 14.3. The largest absolute Gasteiger partial charge is 0.480 e. The van der Waals surface area contributed by atoms with Crippen molar-refractivity contribution >= 4 is 27.8 Å². The van der Waals surface area contributed by atoms with Gasteiger partial charge in [-0.25, -0.2) is 8.42 Å². The van der Waals surface area contributed by atoms with Gasteiger partial charge in [-0.15, -0.1) is 0 Å². The normalized spacial score (nSPS) is 17.5. The van der Waals surface area contributed by atoms with Gasteiger partial charge in [0, 0.05) is 32.2 Å². The lowest BCUT2D eigenvalue weighted by molar-refractivity contribution is -0.138. The minimum atomic E-state index is -4.12. The third-order valence-electron chi connectivity index (χ3n) is 6.98. The van der Waals surface area contributed by atoms with E-state index in [1.807, 2.05) is 4.90 Å². The van der Waals surface area contributed by atoms with Crippen LogP contribution in [0, 0.1) is 12.8 Å². The summed E-state index contributed by atoms with van der Waals surface area (Å²) in [6.45, 7) is 5.05. The highest BCUT2D eigenvalue weighted by molar-refractivity contribution is 7.89. The molecule has 1 fully saturated rings. The Bertz CT molecular complexity index is 1270. The standard InChI is InChI=1S/C25H34N6O6S/c1-17-3-5-19(6-4-17)38(36,37)29-21(25(34)35)16-27-23(32)20-15-22-24(33)30(12-2-13-31(22)28-20)14-9-18-7-10-26-11-8-18/h3-6,15,18,21,26,29H,2,7-14,16H2,1H3,(H,27,32)(H,34,35). The Morgan fingerprint density at radius 3 is 2.58 bits per heavy atom. The summed E-state index contributed by atoms with van der Waals surface area (Å²) >= 11 is 0. The Morgan fingerprint density at radius 1 is 1.18 bits per heavy atom. The number of hydrogen-bond acceptors (Lipinski definition) is 7. The SMILES string of the molecule is Cc1ccc(S(=O)(=O)NC(CNC(=O)c2cc3n(n2)CCCN(CCC2CCNCC2)C3=O)C(=O)O)cc1. The Kier molecular flexibility index (Phi) is 8.80. The van der Waals surface area contributed by atoms with Crippen LogP contribution in [0.1, 0.15) is 52.2 Å².